The van der Waals surface area contributed by atoms with E-state index in [1.807, 2.05) is 0 Å². The average Bonchev–Trinajstić information content (AvgIpc) is 2.46. The molecule has 20 heavy (non-hydrogen) atoms. The number of fused-ring (bicyclic) bond motifs is 2. The van der Waals surface area contributed by atoms with Gasteiger partial charge in [0, 0.05) is 6.07 Å². The van der Waals surface area contributed by atoms with E-state index in [0.717, 1.165) is 0 Å². The Morgan fingerprint density at radius 2 is 1.75 bits per heavy atom. The molecule has 0 amide bonds. The summed E-state index contributed by atoms with van der Waals surface area (Å²) in [5.74, 6) is 0.803. The summed E-state index contributed by atoms with van der Waals surface area (Å²) in [6, 6.07) is 7.84. The molecule has 0 aliphatic rings. The highest BCUT2D eigenvalue weighted by Gasteiger charge is 2.14. The molecule has 1 N–H and O–H groups in total. The Bertz CT molecular complexity index is 863. The van der Waals surface area contributed by atoms with Gasteiger partial charge in [-0.3, -0.25) is 4.79 Å². The Labute approximate surface area is 114 Å². The van der Waals surface area contributed by atoms with Crippen LogP contribution >= 0.6 is 0 Å². The van der Waals surface area contributed by atoms with E-state index in [4.69, 9.17) is 13.9 Å². The first-order chi connectivity index (χ1) is 9.65. The van der Waals surface area contributed by atoms with Gasteiger partial charge in [-0.15, -0.1) is 0 Å². The van der Waals surface area contributed by atoms with E-state index in [9.17, 15) is 9.90 Å². The molecule has 3 rings (SSSR count). The molecule has 1 aromatic heterocycles. The van der Waals surface area contributed by atoms with Crippen LogP contribution in [0.2, 0.25) is 0 Å². The molecular weight excluding hydrogens is 260 g/mol. The van der Waals surface area contributed by atoms with Crippen molar-refractivity contribution in [1.82, 2.24) is 0 Å². The zero-order valence-corrected chi connectivity index (χ0v) is 11.0. The zero-order chi connectivity index (χ0) is 14.3. The Balaban J connectivity index is 2.51. The van der Waals surface area contributed by atoms with Gasteiger partial charge in [0.25, 0.3) is 0 Å². The zero-order valence-electron chi connectivity index (χ0n) is 11.0. The minimum absolute atomic E-state index is 0.104. The summed E-state index contributed by atoms with van der Waals surface area (Å²) in [5, 5.41) is 10.3. The second-order valence-corrected chi connectivity index (χ2v) is 4.28. The summed E-state index contributed by atoms with van der Waals surface area (Å²) in [6.45, 7) is 0. The minimum Gasteiger partial charge on any atom is -0.507 e. The maximum Gasteiger partial charge on any atom is 0.204 e. The number of aromatic hydroxyl groups is 1. The third-order valence-corrected chi connectivity index (χ3v) is 3.18. The smallest absolute Gasteiger partial charge is 0.204 e. The standard InChI is InChI=1S/C15H12O5/c1-18-12-6-8-11(7-13(12)19-2)20-10-5-3-4-9(16)14(10)15(8)17/h3-7,16H,1-2H3. The predicted molar refractivity (Wildman–Crippen MR) is 74.8 cm³/mol. The summed E-state index contributed by atoms with van der Waals surface area (Å²) in [6.07, 6.45) is 0. The highest BCUT2D eigenvalue weighted by atomic mass is 16.5. The largest absolute Gasteiger partial charge is 0.507 e. The van der Waals surface area contributed by atoms with Crippen molar-refractivity contribution in [2.75, 3.05) is 14.2 Å². The lowest BCUT2D eigenvalue weighted by molar-refractivity contribution is 0.355. The van der Waals surface area contributed by atoms with Gasteiger partial charge in [-0.2, -0.15) is 0 Å². The molecular formula is C15H12O5. The molecule has 0 spiro atoms. The van der Waals surface area contributed by atoms with Crippen molar-refractivity contribution in [2.24, 2.45) is 0 Å². The van der Waals surface area contributed by atoms with Crippen LogP contribution in [0.25, 0.3) is 21.9 Å². The van der Waals surface area contributed by atoms with Crippen LogP contribution in [-0.2, 0) is 0 Å². The summed E-state index contributed by atoms with van der Waals surface area (Å²) in [7, 11) is 3.00. The maximum absolute atomic E-state index is 12.5. The van der Waals surface area contributed by atoms with Crippen LogP contribution in [0.15, 0.2) is 39.5 Å². The molecule has 1 heterocycles. The number of ether oxygens (including phenoxy) is 2. The van der Waals surface area contributed by atoms with Gasteiger partial charge in [-0.25, -0.2) is 0 Å². The first-order valence-corrected chi connectivity index (χ1v) is 5.96. The van der Waals surface area contributed by atoms with E-state index < -0.39 is 0 Å². The van der Waals surface area contributed by atoms with Crippen molar-refractivity contribution in [1.29, 1.82) is 0 Å². The quantitative estimate of drug-likeness (QED) is 0.726. The minimum atomic E-state index is -0.305. The van der Waals surface area contributed by atoms with Crippen molar-refractivity contribution >= 4 is 21.9 Å². The molecule has 0 bridgehead atoms. The summed E-state index contributed by atoms with van der Waals surface area (Å²) < 4.78 is 16.0. The van der Waals surface area contributed by atoms with Crippen molar-refractivity contribution in [3.05, 3.63) is 40.6 Å². The molecule has 5 nitrogen and oxygen atoms in total. The highest BCUT2D eigenvalue weighted by Crippen LogP contribution is 2.33. The molecule has 0 aliphatic heterocycles. The highest BCUT2D eigenvalue weighted by molar-refractivity contribution is 5.94. The molecule has 2 aromatic carbocycles. The van der Waals surface area contributed by atoms with Gasteiger partial charge in [0.1, 0.15) is 22.3 Å². The van der Waals surface area contributed by atoms with Crippen LogP contribution in [-0.4, -0.2) is 19.3 Å². The molecule has 0 saturated heterocycles. The normalized spacial score (nSPS) is 10.9. The molecule has 5 heteroatoms. The van der Waals surface area contributed by atoms with Crippen molar-refractivity contribution < 1.29 is 19.0 Å². The maximum atomic E-state index is 12.5. The third kappa shape index (κ3) is 1.67. The van der Waals surface area contributed by atoms with E-state index in [2.05, 4.69) is 0 Å². The van der Waals surface area contributed by atoms with Crippen LogP contribution in [0.3, 0.4) is 0 Å². The average molecular weight is 272 g/mol. The van der Waals surface area contributed by atoms with Gasteiger partial charge in [0.2, 0.25) is 5.43 Å². The number of hydrogen-bond donors (Lipinski definition) is 1. The van der Waals surface area contributed by atoms with Crippen molar-refractivity contribution in [3.8, 4) is 17.2 Å². The first-order valence-electron chi connectivity index (χ1n) is 5.96. The molecule has 0 aliphatic carbocycles. The number of benzene rings is 2. The lowest BCUT2D eigenvalue weighted by atomic mass is 10.1. The SMILES string of the molecule is COc1cc2oc3cccc(O)c3c(=O)c2cc1OC. The number of phenols is 1. The molecule has 0 atom stereocenters. The predicted octanol–water partition coefficient (Wildman–Crippen LogP) is 2.67. The fourth-order valence-electron chi connectivity index (χ4n) is 2.21. The Morgan fingerprint density at radius 3 is 2.45 bits per heavy atom. The fraction of sp³-hybridized carbons (Fsp3) is 0.133. The fourth-order valence-corrected chi connectivity index (χ4v) is 2.21. The first kappa shape index (κ1) is 12.3. The second-order valence-electron chi connectivity index (χ2n) is 4.28. The van der Waals surface area contributed by atoms with Gasteiger partial charge >= 0.3 is 0 Å². The van der Waals surface area contributed by atoms with Crippen LogP contribution in [0, 0.1) is 0 Å². The lowest BCUT2D eigenvalue weighted by Crippen LogP contribution is -2.03. The van der Waals surface area contributed by atoms with Crippen LogP contribution < -0.4 is 14.9 Å². The van der Waals surface area contributed by atoms with Crippen LogP contribution in [0.4, 0.5) is 0 Å². The topological polar surface area (TPSA) is 68.9 Å². The second kappa shape index (κ2) is 4.45. The Kier molecular flexibility index (Phi) is 2.75. The van der Waals surface area contributed by atoms with Gasteiger partial charge in [-0.1, -0.05) is 6.07 Å². The van der Waals surface area contributed by atoms with Gasteiger partial charge < -0.3 is 19.0 Å². The number of methoxy groups -OCH3 is 2. The molecule has 0 fully saturated rings. The van der Waals surface area contributed by atoms with Gasteiger partial charge in [0.05, 0.1) is 19.6 Å². The molecule has 0 saturated carbocycles. The van der Waals surface area contributed by atoms with Gasteiger partial charge in [-0.05, 0) is 18.2 Å². The van der Waals surface area contributed by atoms with Crippen molar-refractivity contribution in [3.63, 3.8) is 0 Å². The third-order valence-electron chi connectivity index (χ3n) is 3.18. The summed E-state index contributed by atoms with van der Waals surface area (Å²) in [5.41, 5.74) is 0.403. The van der Waals surface area contributed by atoms with E-state index in [1.54, 1.807) is 24.3 Å². The van der Waals surface area contributed by atoms with Crippen LogP contribution in [0.5, 0.6) is 17.2 Å². The molecule has 0 radical (unpaired) electrons. The number of rotatable bonds is 2. The molecule has 102 valence electrons. The van der Waals surface area contributed by atoms with E-state index in [-0.39, 0.29) is 16.6 Å². The summed E-state index contributed by atoms with van der Waals surface area (Å²) >= 11 is 0. The Morgan fingerprint density at radius 1 is 1.05 bits per heavy atom. The summed E-state index contributed by atoms with van der Waals surface area (Å²) in [4.78, 5) is 12.5. The lowest BCUT2D eigenvalue weighted by Gasteiger charge is -2.09. The number of hydrogen-bond acceptors (Lipinski definition) is 5. The van der Waals surface area contributed by atoms with E-state index >= 15 is 0 Å². The Hall–Kier alpha value is -2.69. The molecule has 0 unspecified atom stereocenters. The van der Waals surface area contributed by atoms with E-state index in [0.29, 0.717) is 28.1 Å². The van der Waals surface area contributed by atoms with E-state index in [1.165, 1.54) is 20.3 Å². The monoisotopic (exact) mass is 272 g/mol. The van der Waals surface area contributed by atoms with Gasteiger partial charge in [0.15, 0.2) is 11.5 Å². The molecule has 3 aromatic rings. The van der Waals surface area contributed by atoms with Crippen molar-refractivity contribution in [2.45, 2.75) is 0 Å². The van der Waals surface area contributed by atoms with Crippen LogP contribution in [0.1, 0.15) is 0 Å². The number of phenolic OH excluding ortho intramolecular Hbond substituents is 1.